The largest absolute Gasteiger partial charge is 0.480 e. The minimum Gasteiger partial charge on any atom is -0.480 e. The third-order valence-electron chi connectivity index (χ3n) is 2.66. The normalized spacial score (nSPS) is 12.6. The molecule has 1 unspecified atom stereocenters. The molecule has 5 nitrogen and oxygen atoms in total. The molecule has 0 bridgehead atoms. The molecule has 0 spiro atoms. The summed E-state index contributed by atoms with van der Waals surface area (Å²) in [6.45, 7) is 4.62. The number of benzene rings is 1. The molecule has 2 amide bonds. The number of amides is 2. The lowest BCUT2D eigenvalue weighted by Crippen LogP contribution is -2.53. The van der Waals surface area contributed by atoms with Gasteiger partial charge in [0, 0.05) is 5.02 Å². The van der Waals surface area contributed by atoms with Crippen molar-refractivity contribution in [2.24, 2.45) is 0 Å². The van der Waals surface area contributed by atoms with Crippen LogP contribution in [0.1, 0.15) is 32.4 Å². The molecule has 0 radical (unpaired) electrons. The van der Waals surface area contributed by atoms with E-state index in [4.69, 9.17) is 16.7 Å². The summed E-state index contributed by atoms with van der Waals surface area (Å²) >= 11 is 5.87. The van der Waals surface area contributed by atoms with E-state index in [1.807, 2.05) is 6.07 Å². The van der Waals surface area contributed by atoms with Gasteiger partial charge in [-0.15, -0.1) is 0 Å². The van der Waals surface area contributed by atoms with Crippen molar-refractivity contribution in [1.82, 2.24) is 10.6 Å². The Hall–Kier alpha value is -1.75. The number of hydrogen-bond donors (Lipinski definition) is 3. The monoisotopic (exact) mass is 284 g/mol. The molecule has 3 N–H and O–H groups in total. The molecule has 1 aromatic rings. The van der Waals surface area contributed by atoms with Crippen molar-refractivity contribution in [3.63, 3.8) is 0 Å². The fourth-order valence-corrected chi connectivity index (χ4v) is 1.63. The van der Waals surface area contributed by atoms with E-state index in [2.05, 4.69) is 10.6 Å². The summed E-state index contributed by atoms with van der Waals surface area (Å²) in [5.41, 5.74) is -0.478. The van der Waals surface area contributed by atoms with E-state index in [-0.39, 0.29) is 6.04 Å². The summed E-state index contributed by atoms with van der Waals surface area (Å²) in [5, 5.41) is 14.5. The maximum absolute atomic E-state index is 11.7. The molecule has 1 atom stereocenters. The van der Waals surface area contributed by atoms with Crippen molar-refractivity contribution >= 4 is 23.6 Å². The average molecular weight is 285 g/mol. The summed E-state index contributed by atoms with van der Waals surface area (Å²) in [6.07, 6.45) is 0. The summed E-state index contributed by atoms with van der Waals surface area (Å²) < 4.78 is 0. The van der Waals surface area contributed by atoms with Crippen LogP contribution >= 0.6 is 11.6 Å². The van der Waals surface area contributed by atoms with Crippen LogP contribution in [0, 0.1) is 0 Å². The topological polar surface area (TPSA) is 78.4 Å². The Morgan fingerprint density at radius 2 is 2.00 bits per heavy atom. The molecule has 104 valence electrons. The second-order valence-electron chi connectivity index (χ2n) is 4.81. The molecule has 0 aliphatic carbocycles. The Kier molecular flexibility index (Phi) is 4.78. The van der Waals surface area contributed by atoms with Crippen LogP contribution in [0.15, 0.2) is 24.3 Å². The highest BCUT2D eigenvalue weighted by molar-refractivity contribution is 6.30. The molecule has 1 aromatic carbocycles. The van der Waals surface area contributed by atoms with Crippen LogP contribution in [0.25, 0.3) is 0 Å². The predicted octanol–water partition coefficient (Wildman–Crippen LogP) is 2.56. The first-order valence-electron chi connectivity index (χ1n) is 5.80. The first kappa shape index (κ1) is 15.3. The van der Waals surface area contributed by atoms with E-state index in [0.29, 0.717) is 5.02 Å². The lowest BCUT2D eigenvalue weighted by molar-refractivity contribution is -0.142. The molecule has 0 aliphatic heterocycles. The van der Waals surface area contributed by atoms with Crippen LogP contribution in [0.4, 0.5) is 4.79 Å². The zero-order valence-corrected chi connectivity index (χ0v) is 11.8. The maximum atomic E-state index is 11.7. The second-order valence-corrected chi connectivity index (χ2v) is 5.24. The van der Waals surface area contributed by atoms with Gasteiger partial charge in [0.2, 0.25) is 0 Å². The molecule has 0 fully saturated rings. The van der Waals surface area contributed by atoms with Gasteiger partial charge in [-0.1, -0.05) is 23.7 Å². The van der Waals surface area contributed by atoms with Gasteiger partial charge < -0.3 is 15.7 Å². The highest BCUT2D eigenvalue weighted by atomic mass is 35.5. The predicted molar refractivity (Wildman–Crippen MR) is 73.2 cm³/mol. The molecule has 0 saturated carbocycles. The molecule has 6 heteroatoms. The number of nitrogens with one attached hydrogen (secondary N) is 2. The number of urea groups is 1. The summed E-state index contributed by atoms with van der Waals surface area (Å²) in [6, 6.07) is 6.29. The first-order valence-corrected chi connectivity index (χ1v) is 6.17. The Morgan fingerprint density at radius 3 is 2.53 bits per heavy atom. The van der Waals surface area contributed by atoms with Crippen molar-refractivity contribution < 1.29 is 14.7 Å². The van der Waals surface area contributed by atoms with Gasteiger partial charge in [-0.05, 0) is 38.5 Å². The van der Waals surface area contributed by atoms with Gasteiger partial charge in [-0.25, -0.2) is 9.59 Å². The fourth-order valence-electron chi connectivity index (χ4n) is 1.43. The van der Waals surface area contributed by atoms with E-state index < -0.39 is 17.5 Å². The molecule has 0 aliphatic rings. The molecule has 1 rings (SSSR count). The molecule has 0 saturated heterocycles. The Labute approximate surface area is 117 Å². The lowest BCUT2D eigenvalue weighted by atomic mass is 10.1. The van der Waals surface area contributed by atoms with Crippen molar-refractivity contribution in [1.29, 1.82) is 0 Å². The van der Waals surface area contributed by atoms with Crippen molar-refractivity contribution in [2.45, 2.75) is 32.4 Å². The van der Waals surface area contributed by atoms with Gasteiger partial charge >= 0.3 is 12.0 Å². The summed E-state index contributed by atoms with van der Waals surface area (Å²) in [5.74, 6) is -1.10. The Bertz CT molecular complexity index is 489. The van der Waals surface area contributed by atoms with E-state index >= 15 is 0 Å². The highest BCUT2D eigenvalue weighted by Crippen LogP contribution is 2.17. The molecular weight excluding hydrogens is 268 g/mol. The third-order valence-corrected chi connectivity index (χ3v) is 2.89. The Morgan fingerprint density at radius 1 is 1.37 bits per heavy atom. The van der Waals surface area contributed by atoms with Gasteiger partial charge in [0.25, 0.3) is 0 Å². The van der Waals surface area contributed by atoms with Crippen LogP contribution in [0.3, 0.4) is 0 Å². The average Bonchev–Trinajstić information content (AvgIpc) is 2.27. The van der Waals surface area contributed by atoms with Crippen LogP contribution in [-0.2, 0) is 4.79 Å². The highest BCUT2D eigenvalue weighted by Gasteiger charge is 2.29. The first-order chi connectivity index (χ1) is 8.72. The molecule has 0 heterocycles. The third kappa shape index (κ3) is 4.44. The van der Waals surface area contributed by atoms with Gasteiger partial charge in [0.05, 0.1) is 6.04 Å². The van der Waals surface area contributed by atoms with Crippen LogP contribution in [0.2, 0.25) is 5.02 Å². The molecular formula is C13H17ClN2O3. The lowest BCUT2D eigenvalue weighted by Gasteiger charge is -2.23. The standard InChI is InChI=1S/C13H17ClN2O3/c1-8(9-5-4-6-10(14)7-9)15-12(19)16-13(2,3)11(17)18/h4-8H,1-3H3,(H,17,18)(H2,15,16,19). The fraction of sp³-hybridized carbons (Fsp3) is 0.385. The van der Waals surface area contributed by atoms with Crippen molar-refractivity contribution in [2.75, 3.05) is 0 Å². The molecule has 19 heavy (non-hydrogen) atoms. The zero-order chi connectivity index (χ0) is 14.6. The second kappa shape index (κ2) is 5.93. The SMILES string of the molecule is CC(NC(=O)NC(C)(C)C(=O)O)c1cccc(Cl)c1. The van der Waals surface area contributed by atoms with Gasteiger partial charge in [0.15, 0.2) is 0 Å². The van der Waals surface area contributed by atoms with Crippen LogP contribution < -0.4 is 10.6 Å². The van der Waals surface area contributed by atoms with E-state index in [9.17, 15) is 9.59 Å². The number of carbonyl (C=O) groups excluding carboxylic acids is 1. The number of halogens is 1. The van der Waals surface area contributed by atoms with E-state index in [1.54, 1.807) is 25.1 Å². The van der Waals surface area contributed by atoms with Crippen molar-refractivity contribution in [3.05, 3.63) is 34.9 Å². The number of hydrogen-bond acceptors (Lipinski definition) is 2. The van der Waals surface area contributed by atoms with Crippen molar-refractivity contribution in [3.8, 4) is 0 Å². The number of rotatable bonds is 4. The van der Waals surface area contributed by atoms with Gasteiger partial charge in [0.1, 0.15) is 5.54 Å². The summed E-state index contributed by atoms with van der Waals surface area (Å²) in [4.78, 5) is 22.6. The quantitative estimate of drug-likeness (QED) is 0.795. The summed E-state index contributed by atoms with van der Waals surface area (Å²) in [7, 11) is 0. The number of aliphatic carboxylic acids is 1. The number of carboxylic acid groups (broad SMARTS) is 1. The van der Waals surface area contributed by atoms with Crippen LogP contribution in [0.5, 0.6) is 0 Å². The minimum absolute atomic E-state index is 0.275. The Balaban J connectivity index is 2.65. The zero-order valence-electron chi connectivity index (χ0n) is 11.0. The van der Waals surface area contributed by atoms with Crippen LogP contribution in [-0.4, -0.2) is 22.6 Å². The minimum atomic E-state index is -1.32. The maximum Gasteiger partial charge on any atom is 0.328 e. The van der Waals surface area contributed by atoms with E-state index in [0.717, 1.165) is 5.56 Å². The number of carbonyl (C=O) groups is 2. The van der Waals surface area contributed by atoms with Gasteiger partial charge in [-0.3, -0.25) is 0 Å². The smallest absolute Gasteiger partial charge is 0.328 e. The van der Waals surface area contributed by atoms with E-state index in [1.165, 1.54) is 13.8 Å². The van der Waals surface area contributed by atoms with Gasteiger partial charge in [-0.2, -0.15) is 0 Å². The molecule has 0 aromatic heterocycles. The number of carboxylic acids is 1.